The molecule has 1 amide bonds. The molecule has 1 aromatic heterocycles. The van der Waals surface area contributed by atoms with Crippen molar-refractivity contribution in [2.45, 2.75) is 6.04 Å². The number of Topliss-reactive ketones (excluding diaryl/α,β-unsaturated/α-hetero) is 1. The van der Waals surface area contributed by atoms with Gasteiger partial charge in [0.15, 0.2) is 11.5 Å². The molecule has 0 bridgehead atoms. The lowest BCUT2D eigenvalue weighted by atomic mass is 9.94. The van der Waals surface area contributed by atoms with Crippen LogP contribution in [-0.4, -0.2) is 29.9 Å². The molecule has 1 aliphatic heterocycles. The van der Waals surface area contributed by atoms with Crippen LogP contribution in [0.5, 0.6) is 0 Å². The van der Waals surface area contributed by atoms with E-state index in [0.29, 0.717) is 22.2 Å². The number of aliphatic hydroxyl groups excluding tert-OH is 1. The van der Waals surface area contributed by atoms with Crippen LogP contribution in [0.1, 0.15) is 32.5 Å². The molecular weight excluding hydrogens is 514 g/mol. The lowest BCUT2D eigenvalue weighted by Crippen LogP contribution is -2.31. The SMILES string of the molecule is COC(=O)c1cccc(N2C(=O)C(O)=C(C(=O)c3cc4cc(Br)ccc4o3)C2c2ccccc2)c1. The number of carbonyl (C=O) groups excluding carboxylic acids is 3. The van der Waals surface area contributed by atoms with Crippen molar-refractivity contribution in [1.29, 1.82) is 0 Å². The first kappa shape index (κ1) is 22.6. The number of carbonyl (C=O) groups is 3. The molecule has 174 valence electrons. The topological polar surface area (TPSA) is 97.0 Å². The number of methoxy groups -OCH3 is 1. The number of halogens is 1. The molecule has 35 heavy (non-hydrogen) atoms. The molecule has 2 heterocycles. The van der Waals surface area contributed by atoms with Gasteiger partial charge in [-0.3, -0.25) is 14.5 Å². The van der Waals surface area contributed by atoms with Crippen molar-refractivity contribution in [2.24, 2.45) is 0 Å². The summed E-state index contributed by atoms with van der Waals surface area (Å²) in [5, 5.41) is 11.6. The molecule has 0 saturated heterocycles. The maximum atomic E-state index is 13.7. The molecular formula is C27H18BrNO6. The summed E-state index contributed by atoms with van der Waals surface area (Å²) in [7, 11) is 1.26. The van der Waals surface area contributed by atoms with E-state index >= 15 is 0 Å². The quantitative estimate of drug-likeness (QED) is 0.259. The predicted molar refractivity (Wildman–Crippen MR) is 132 cm³/mol. The molecule has 1 aliphatic rings. The molecule has 0 spiro atoms. The van der Waals surface area contributed by atoms with Gasteiger partial charge in [-0.25, -0.2) is 4.79 Å². The molecule has 1 atom stereocenters. The monoisotopic (exact) mass is 531 g/mol. The number of rotatable bonds is 5. The summed E-state index contributed by atoms with van der Waals surface area (Å²) in [5.41, 5.74) is 1.56. The van der Waals surface area contributed by atoms with E-state index in [2.05, 4.69) is 15.9 Å². The molecule has 1 N–H and O–H groups in total. The van der Waals surface area contributed by atoms with Gasteiger partial charge in [0.1, 0.15) is 5.58 Å². The van der Waals surface area contributed by atoms with Crippen LogP contribution in [0.25, 0.3) is 11.0 Å². The number of nitrogens with zero attached hydrogens (tertiary/aromatic N) is 1. The minimum absolute atomic E-state index is 0.00135. The normalized spacial score (nSPS) is 15.7. The van der Waals surface area contributed by atoms with Gasteiger partial charge in [-0.2, -0.15) is 0 Å². The number of hydrogen-bond acceptors (Lipinski definition) is 6. The molecule has 4 aromatic rings. The Hall–Kier alpha value is -4.17. The highest BCUT2D eigenvalue weighted by atomic mass is 79.9. The molecule has 5 rings (SSSR count). The Labute approximate surface area is 208 Å². The number of esters is 1. The lowest BCUT2D eigenvalue weighted by molar-refractivity contribution is -0.117. The van der Waals surface area contributed by atoms with E-state index in [1.54, 1.807) is 60.7 Å². The molecule has 8 heteroatoms. The van der Waals surface area contributed by atoms with Crippen molar-refractivity contribution >= 4 is 50.2 Å². The van der Waals surface area contributed by atoms with Crippen LogP contribution in [0.4, 0.5) is 5.69 Å². The molecule has 0 fully saturated rings. The average molecular weight is 532 g/mol. The standard InChI is InChI=1S/C27H18BrNO6/c1-34-27(33)16-8-5-9-19(13-16)29-23(15-6-3-2-4-7-15)22(25(31)26(29)32)24(30)21-14-17-12-18(28)10-11-20(17)35-21/h2-14,23,31H,1H3. The van der Waals surface area contributed by atoms with Gasteiger partial charge in [0, 0.05) is 15.5 Å². The zero-order valence-corrected chi connectivity index (χ0v) is 20.0. The average Bonchev–Trinajstić information content (AvgIpc) is 3.42. The van der Waals surface area contributed by atoms with Gasteiger partial charge >= 0.3 is 5.97 Å². The first-order valence-corrected chi connectivity index (χ1v) is 11.4. The lowest BCUT2D eigenvalue weighted by Gasteiger charge is -2.27. The minimum atomic E-state index is -0.941. The number of ether oxygens (including phenoxy) is 1. The summed E-state index contributed by atoms with van der Waals surface area (Å²) >= 11 is 3.40. The number of aliphatic hydroxyl groups is 1. The van der Waals surface area contributed by atoms with Crippen LogP contribution in [0.3, 0.4) is 0 Å². The maximum Gasteiger partial charge on any atom is 0.337 e. The summed E-state index contributed by atoms with van der Waals surface area (Å²) < 4.78 is 11.4. The van der Waals surface area contributed by atoms with Gasteiger partial charge in [0.2, 0.25) is 5.78 Å². The van der Waals surface area contributed by atoms with Crippen LogP contribution >= 0.6 is 15.9 Å². The first-order chi connectivity index (χ1) is 16.9. The fourth-order valence-corrected chi connectivity index (χ4v) is 4.59. The zero-order valence-electron chi connectivity index (χ0n) is 18.4. The van der Waals surface area contributed by atoms with E-state index in [1.165, 1.54) is 18.1 Å². The Kier molecular flexibility index (Phi) is 5.74. The van der Waals surface area contributed by atoms with Crippen LogP contribution in [-0.2, 0) is 9.53 Å². The zero-order chi connectivity index (χ0) is 24.7. The highest BCUT2D eigenvalue weighted by Gasteiger charge is 2.45. The highest BCUT2D eigenvalue weighted by molar-refractivity contribution is 9.10. The molecule has 0 saturated carbocycles. The van der Waals surface area contributed by atoms with Gasteiger partial charge in [0.25, 0.3) is 5.91 Å². The fraction of sp³-hybridized carbons (Fsp3) is 0.0741. The molecule has 3 aromatic carbocycles. The molecule has 1 unspecified atom stereocenters. The predicted octanol–water partition coefficient (Wildman–Crippen LogP) is 5.76. The van der Waals surface area contributed by atoms with Crippen LogP contribution in [0, 0.1) is 0 Å². The molecule has 0 aliphatic carbocycles. The third-order valence-corrected chi connectivity index (χ3v) is 6.31. The number of anilines is 1. The Balaban J connectivity index is 1.64. The Bertz CT molecular complexity index is 1520. The summed E-state index contributed by atoms with van der Waals surface area (Å²) in [6, 6.07) is 21.1. The van der Waals surface area contributed by atoms with Crippen LogP contribution < -0.4 is 4.90 Å². The van der Waals surface area contributed by atoms with Crippen LogP contribution in [0.2, 0.25) is 0 Å². The second kappa shape index (κ2) is 8.88. The second-order valence-corrected chi connectivity index (χ2v) is 8.83. The van der Waals surface area contributed by atoms with Crippen LogP contribution in [0.15, 0.2) is 99.1 Å². The Morgan fingerprint density at radius 1 is 1.00 bits per heavy atom. The summed E-state index contributed by atoms with van der Waals surface area (Å²) in [6.07, 6.45) is 0. The number of hydrogen-bond donors (Lipinski definition) is 1. The van der Waals surface area contributed by atoms with Crippen molar-refractivity contribution in [2.75, 3.05) is 12.0 Å². The van der Waals surface area contributed by atoms with Gasteiger partial charge in [-0.15, -0.1) is 0 Å². The largest absolute Gasteiger partial charge is 0.503 e. The van der Waals surface area contributed by atoms with E-state index in [1.807, 2.05) is 12.1 Å². The van der Waals surface area contributed by atoms with Gasteiger partial charge in [-0.1, -0.05) is 52.3 Å². The third-order valence-electron chi connectivity index (χ3n) is 5.82. The smallest absolute Gasteiger partial charge is 0.337 e. The third kappa shape index (κ3) is 3.91. The van der Waals surface area contributed by atoms with E-state index in [9.17, 15) is 19.5 Å². The van der Waals surface area contributed by atoms with Crippen molar-refractivity contribution in [3.63, 3.8) is 0 Å². The minimum Gasteiger partial charge on any atom is -0.503 e. The van der Waals surface area contributed by atoms with E-state index in [-0.39, 0.29) is 16.9 Å². The van der Waals surface area contributed by atoms with E-state index < -0.39 is 29.5 Å². The summed E-state index contributed by atoms with van der Waals surface area (Å²) in [4.78, 5) is 40.4. The number of benzene rings is 3. The van der Waals surface area contributed by atoms with Crippen molar-refractivity contribution in [3.05, 3.63) is 112 Å². The maximum absolute atomic E-state index is 13.7. The van der Waals surface area contributed by atoms with Gasteiger partial charge in [0.05, 0.1) is 24.3 Å². The first-order valence-electron chi connectivity index (χ1n) is 10.6. The van der Waals surface area contributed by atoms with E-state index in [0.717, 1.165) is 4.47 Å². The van der Waals surface area contributed by atoms with Crippen molar-refractivity contribution in [1.82, 2.24) is 0 Å². The number of ketones is 1. The number of amides is 1. The van der Waals surface area contributed by atoms with Crippen molar-refractivity contribution < 1.29 is 28.6 Å². The highest BCUT2D eigenvalue weighted by Crippen LogP contribution is 2.42. The molecule has 0 radical (unpaired) electrons. The van der Waals surface area contributed by atoms with E-state index in [4.69, 9.17) is 9.15 Å². The Morgan fingerprint density at radius 3 is 2.51 bits per heavy atom. The number of furan rings is 1. The fourth-order valence-electron chi connectivity index (χ4n) is 4.21. The second-order valence-electron chi connectivity index (χ2n) is 7.91. The Morgan fingerprint density at radius 2 is 1.77 bits per heavy atom. The summed E-state index contributed by atoms with van der Waals surface area (Å²) in [5.74, 6) is -2.61. The molecule has 7 nitrogen and oxygen atoms in total. The number of fused-ring (bicyclic) bond motifs is 1. The summed E-state index contributed by atoms with van der Waals surface area (Å²) in [6.45, 7) is 0. The van der Waals surface area contributed by atoms with Crippen molar-refractivity contribution in [3.8, 4) is 0 Å². The van der Waals surface area contributed by atoms with Gasteiger partial charge < -0.3 is 14.3 Å². The van der Waals surface area contributed by atoms with Gasteiger partial charge in [-0.05, 0) is 48.0 Å².